The van der Waals surface area contributed by atoms with Gasteiger partial charge in [0, 0.05) is 30.9 Å². The van der Waals surface area contributed by atoms with Crippen molar-refractivity contribution in [1.29, 1.82) is 0 Å². The van der Waals surface area contributed by atoms with E-state index in [4.69, 9.17) is 11.6 Å². The second-order valence-corrected chi connectivity index (χ2v) is 7.74. The Morgan fingerprint density at radius 3 is 2.71 bits per heavy atom. The molecular weight excluding hydrogens is 433 g/mol. The number of nitrogens with zero attached hydrogens (tertiary/aromatic N) is 6. The number of alkyl halides is 3. The molecule has 0 aromatic carbocycles. The first-order valence-corrected chi connectivity index (χ1v) is 9.91. The van der Waals surface area contributed by atoms with E-state index in [0.717, 1.165) is 17.5 Å². The molecule has 0 radical (unpaired) electrons. The lowest BCUT2D eigenvalue weighted by molar-refractivity contribution is -0.141. The van der Waals surface area contributed by atoms with Gasteiger partial charge in [-0.15, -0.1) is 5.10 Å². The molecule has 0 fully saturated rings. The summed E-state index contributed by atoms with van der Waals surface area (Å²) in [5.74, 6) is 0.148. The topological polar surface area (TPSA) is 76.8 Å². The van der Waals surface area contributed by atoms with Crippen molar-refractivity contribution in [2.24, 2.45) is 0 Å². The summed E-state index contributed by atoms with van der Waals surface area (Å²) in [5.41, 5.74) is 1.18. The Labute approximate surface area is 180 Å². The minimum Gasteiger partial charge on any atom is -0.293 e. The smallest absolute Gasteiger partial charge is 0.293 e. The fraction of sp³-hybridized carbons (Fsp3) is 0.350. The molecule has 4 heterocycles. The molecule has 4 rings (SSSR count). The molecule has 3 aromatic heterocycles. The van der Waals surface area contributed by atoms with Gasteiger partial charge in [0.1, 0.15) is 5.69 Å². The van der Waals surface area contributed by atoms with Gasteiger partial charge < -0.3 is 0 Å². The van der Waals surface area contributed by atoms with Crippen molar-refractivity contribution in [2.45, 2.75) is 32.5 Å². The van der Waals surface area contributed by atoms with Crippen LogP contribution in [0.5, 0.6) is 0 Å². The van der Waals surface area contributed by atoms with Crippen LogP contribution < -0.4 is 0 Å². The van der Waals surface area contributed by atoms with E-state index >= 15 is 0 Å². The highest BCUT2D eigenvalue weighted by molar-refractivity contribution is 6.34. The number of hydrogen-bond donors (Lipinski definition) is 0. The Balaban J connectivity index is 1.56. The first-order valence-electron chi connectivity index (χ1n) is 9.53. The summed E-state index contributed by atoms with van der Waals surface area (Å²) in [5, 5.41) is 7.82. The zero-order valence-electron chi connectivity index (χ0n) is 16.7. The Kier molecular flexibility index (Phi) is 5.52. The molecule has 7 nitrogen and oxygen atoms in total. The summed E-state index contributed by atoms with van der Waals surface area (Å²) in [6.45, 7) is 4.24. The summed E-state index contributed by atoms with van der Waals surface area (Å²) in [7, 11) is 0. The van der Waals surface area contributed by atoms with Crippen molar-refractivity contribution in [2.75, 3.05) is 13.1 Å². The third-order valence-corrected chi connectivity index (χ3v) is 5.68. The van der Waals surface area contributed by atoms with Gasteiger partial charge in [-0.3, -0.25) is 14.7 Å². The molecule has 0 unspecified atom stereocenters. The molecule has 11 heteroatoms. The van der Waals surface area contributed by atoms with E-state index in [2.05, 4.69) is 20.3 Å². The molecule has 3 aromatic rings. The number of fused-ring (bicyclic) bond motifs is 1. The van der Waals surface area contributed by atoms with Crippen LogP contribution in [0.2, 0.25) is 5.02 Å². The molecule has 0 aliphatic carbocycles. The van der Waals surface area contributed by atoms with Crippen LogP contribution in [0.25, 0.3) is 5.82 Å². The fourth-order valence-corrected chi connectivity index (χ4v) is 3.97. The highest BCUT2D eigenvalue weighted by Crippen LogP contribution is 2.35. The van der Waals surface area contributed by atoms with Gasteiger partial charge in [-0.25, -0.2) is 4.98 Å². The second kappa shape index (κ2) is 8.01. The Hall–Kier alpha value is -2.85. The average molecular weight is 451 g/mol. The fourth-order valence-electron chi connectivity index (χ4n) is 3.65. The normalized spacial score (nSPS) is 16.9. The standard InChI is InChI=1S/C20H18ClF3N6O/c1-11-3-6-25-16(9-11)30-14-5-8-29(12(2)18(14)27-28-30)10-15(31)13-4-7-26-19(17(13)21)20(22,23)24/h3-4,6-7,9,12H,5,8,10H2,1-2H3/t12-/m1/s1. The number of rotatable bonds is 4. The number of hydrogen-bond acceptors (Lipinski definition) is 6. The lowest BCUT2D eigenvalue weighted by Gasteiger charge is -2.31. The molecule has 1 aliphatic rings. The molecular formula is C20H18ClF3N6O. The van der Waals surface area contributed by atoms with E-state index in [0.29, 0.717) is 24.5 Å². The third-order valence-electron chi connectivity index (χ3n) is 5.30. The Bertz CT molecular complexity index is 1150. The number of aryl methyl sites for hydroxylation is 1. The summed E-state index contributed by atoms with van der Waals surface area (Å²) in [6, 6.07) is 4.74. The number of Topliss-reactive ketones (excluding diaryl/α,β-unsaturated/α-hetero) is 1. The molecule has 0 amide bonds. The predicted octanol–water partition coefficient (Wildman–Crippen LogP) is 3.84. The van der Waals surface area contributed by atoms with Crippen molar-refractivity contribution in [1.82, 2.24) is 29.9 Å². The largest absolute Gasteiger partial charge is 0.434 e. The zero-order valence-corrected chi connectivity index (χ0v) is 17.4. The summed E-state index contributed by atoms with van der Waals surface area (Å²) >= 11 is 5.85. The van der Waals surface area contributed by atoms with Gasteiger partial charge in [-0.1, -0.05) is 16.8 Å². The average Bonchev–Trinajstić information content (AvgIpc) is 3.14. The van der Waals surface area contributed by atoms with Crippen LogP contribution in [0.4, 0.5) is 13.2 Å². The molecule has 0 saturated carbocycles. The van der Waals surface area contributed by atoms with Crippen molar-refractivity contribution in [3.05, 3.63) is 63.8 Å². The van der Waals surface area contributed by atoms with Crippen LogP contribution in [-0.2, 0) is 12.6 Å². The number of ketones is 1. The number of carbonyl (C=O) groups is 1. The Morgan fingerprint density at radius 1 is 1.26 bits per heavy atom. The number of carbonyl (C=O) groups excluding carboxylic acids is 1. The van der Waals surface area contributed by atoms with Crippen molar-refractivity contribution in [3.8, 4) is 5.82 Å². The van der Waals surface area contributed by atoms with E-state index in [1.165, 1.54) is 6.07 Å². The van der Waals surface area contributed by atoms with Crippen LogP contribution in [-0.4, -0.2) is 48.7 Å². The van der Waals surface area contributed by atoms with Gasteiger partial charge in [0.2, 0.25) is 0 Å². The number of pyridine rings is 2. The van der Waals surface area contributed by atoms with E-state index in [9.17, 15) is 18.0 Å². The van der Waals surface area contributed by atoms with Gasteiger partial charge in [-0.2, -0.15) is 17.9 Å². The molecule has 0 spiro atoms. The van der Waals surface area contributed by atoms with Gasteiger partial charge in [-0.05, 0) is 37.6 Å². The van der Waals surface area contributed by atoms with Crippen molar-refractivity contribution >= 4 is 17.4 Å². The molecule has 0 N–H and O–H groups in total. The maximum Gasteiger partial charge on any atom is 0.434 e. The molecule has 1 aliphatic heterocycles. The van der Waals surface area contributed by atoms with Crippen LogP contribution in [0, 0.1) is 6.92 Å². The lowest BCUT2D eigenvalue weighted by atomic mass is 10.0. The Morgan fingerprint density at radius 2 is 2.00 bits per heavy atom. The summed E-state index contributed by atoms with van der Waals surface area (Å²) in [6.07, 6.45) is -1.53. The minimum atomic E-state index is -4.73. The number of aromatic nitrogens is 5. The van der Waals surface area contributed by atoms with E-state index in [1.54, 1.807) is 10.9 Å². The lowest BCUT2D eigenvalue weighted by Crippen LogP contribution is -2.38. The molecule has 162 valence electrons. The molecule has 0 saturated heterocycles. The van der Waals surface area contributed by atoms with Crippen molar-refractivity contribution < 1.29 is 18.0 Å². The highest BCUT2D eigenvalue weighted by atomic mass is 35.5. The monoisotopic (exact) mass is 450 g/mol. The van der Waals surface area contributed by atoms with Gasteiger partial charge in [0.25, 0.3) is 0 Å². The molecule has 1 atom stereocenters. The first kappa shape index (κ1) is 21.4. The van der Waals surface area contributed by atoms with Crippen LogP contribution in [0.1, 0.15) is 46.0 Å². The van der Waals surface area contributed by atoms with Crippen LogP contribution in [0.15, 0.2) is 30.6 Å². The molecule has 31 heavy (non-hydrogen) atoms. The quantitative estimate of drug-likeness (QED) is 0.562. The first-order chi connectivity index (χ1) is 14.7. The zero-order chi connectivity index (χ0) is 22.3. The van der Waals surface area contributed by atoms with E-state index in [-0.39, 0.29) is 18.2 Å². The summed E-state index contributed by atoms with van der Waals surface area (Å²) < 4.78 is 40.8. The van der Waals surface area contributed by atoms with Gasteiger partial charge in [0.15, 0.2) is 17.3 Å². The predicted molar refractivity (Wildman–Crippen MR) is 106 cm³/mol. The highest BCUT2D eigenvalue weighted by Gasteiger charge is 2.37. The van der Waals surface area contributed by atoms with Gasteiger partial charge in [0.05, 0.1) is 23.3 Å². The van der Waals surface area contributed by atoms with Crippen LogP contribution >= 0.6 is 11.6 Å². The maximum absolute atomic E-state index is 13.1. The van der Waals surface area contributed by atoms with Crippen LogP contribution in [0.3, 0.4) is 0 Å². The van der Waals surface area contributed by atoms with Crippen molar-refractivity contribution in [3.63, 3.8) is 0 Å². The SMILES string of the molecule is Cc1ccnc(-n2nnc3c2CCN(CC(=O)c2ccnc(C(F)(F)F)c2Cl)[C@@H]3C)c1. The molecule has 0 bridgehead atoms. The van der Waals surface area contributed by atoms with E-state index < -0.39 is 22.7 Å². The van der Waals surface area contributed by atoms with Gasteiger partial charge >= 0.3 is 6.18 Å². The minimum absolute atomic E-state index is 0.100. The second-order valence-electron chi connectivity index (χ2n) is 7.36. The number of halogens is 4. The summed E-state index contributed by atoms with van der Waals surface area (Å²) in [4.78, 5) is 22.2. The van der Waals surface area contributed by atoms with E-state index in [1.807, 2.05) is 30.9 Å². The third kappa shape index (κ3) is 4.05. The maximum atomic E-state index is 13.1.